The maximum absolute atomic E-state index is 12.9. The Bertz CT molecular complexity index is 513. The molecule has 0 unspecified atom stereocenters. The van der Waals surface area contributed by atoms with Gasteiger partial charge in [-0.3, -0.25) is 0 Å². The summed E-state index contributed by atoms with van der Waals surface area (Å²) in [5.41, 5.74) is 2.42. The Morgan fingerprint density at radius 2 is 2.33 bits per heavy atom. The predicted molar refractivity (Wildman–Crippen MR) is 57.9 cm³/mol. The van der Waals surface area contributed by atoms with Gasteiger partial charge in [-0.2, -0.15) is 0 Å². The molecule has 0 atom stereocenters. The molecule has 1 aromatic heterocycles. The molecule has 3 heteroatoms. The van der Waals surface area contributed by atoms with Gasteiger partial charge in [-0.1, -0.05) is 18.2 Å². The molecule has 0 aliphatic carbocycles. The third-order valence-electron chi connectivity index (χ3n) is 2.47. The second-order valence-corrected chi connectivity index (χ2v) is 3.34. The van der Waals surface area contributed by atoms with Crippen LogP contribution in [0.4, 0.5) is 4.39 Å². The van der Waals surface area contributed by atoms with Gasteiger partial charge in [0, 0.05) is 11.5 Å². The molecule has 0 saturated carbocycles. The van der Waals surface area contributed by atoms with Crippen molar-refractivity contribution in [2.75, 3.05) is 0 Å². The van der Waals surface area contributed by atoms with Crippen molar-refractivity contribution < 1.29 is 8.91 Å². The Kier molecular flexibility index (Phi) is 2.54. The topological polar surface area (TPSA) is 26.0 Å². The molecule has 2 aromatic rings. The van der Waals surface area contributed by atoms with Gasteiger partial charge >= 0.3 is 0 Å². The molecule has 1 heterocycles. The molecule has 0 saturated heterocycles. The van der Waals surface area contributed by atoms with Gasteiger partial charge in [-0.25, -0.2) is 4.39 Å². The van der Waals surface area contributed by atoms with Crippen molar-refractivity contribution in [3.8, 4) is 0 Å². The van der Waals surface area contributed by atoms with Gasteiger partial charge in [-0.15, -0.1) is 0 Å². The number of nitrogens with zero attached hydrogens (tertiary/aromatic N) is 1. The van der Waals surface area contributed by atoms with E-state index in [0.29, 0.717) is 5.58 Å². The summed E-state index contributed by atoms with van der Waals surface area (Å²) >= 11 is 0. The summed E-state index contributed by atoms with van der Waals surface area (Å²) < 4.78 is 18.0. The lowest BCUT2D eigenvalue weighted by Crippen LogP contribution is -1.83. The summed E-state index contributed by atoms with van der Waals surface area (Å²) in [7, 11) is 0. The Morgan fingerprint density at radius 1 is 1.53 bits per heavy atom. The Hall–Kier alpha value is -1.64. The monoisotopic (exact) mass is 205 g/mol. The SMILES string of the molecule is C/C=C(\CC)c1noc2cc(F)ccc12. The fourth-order valence-electron chi connectivity index (χ4n) is 1.65. The van der Waals surface area contributed by atoms with E-state index in [1.54, 1.807) is 6.07 Å². The number of hydrogen-bond acceptors (Lipinski definition) is 2. The highest BCUT2D eigenvalue weighted by molar-refractivity contribution is 5.88. The fraction of sp³-hybridized carbons (Fsp3) is 0.250. The molecule has 0 bridgehead atoms. The lowest BCUT2D eigenvalue weighted by molar-refractivity contribution is 0.452. The maximum atomic E-state index is 12.9. The number of hydrogen-bond donors (Lipinski definition) is 0. The zero-order valence-corrected chi connectivity index (χ0v) is 8.75. The van der Waals surface area contributed by atoms with Crippen molar-refractivity contribution in [2.24, 2.45) is 0 Å². The summed E-state index contributed by atoms with van der Waals surface area (Å²) in [6.45, 7) is 4.02. The molecular formula is C12H12FNO. The molecule has 78 valence electrons. The van der Waals surface area contributed by atoms with Crippen molar-refractivity contribution in [3.05, 3.63) is 35.8 Å². The first-order chi connectivity index (χ1) is 7.26. The molecule has 2 nitrogen and oxygen atoms in total. The molecule has 0 spiro atoms. The minimum Gasteiger partial charge on any atom is -0.356 e. The minimum atomic E-state index is -0.302. The number of rotatable bonds is 2. The van der Waals surface area contributed by atoms with Crippen LogP contribution in [0.15, 0.2) is 28.8 Å². The van der Waals surface area contributed by atoms with E-state index in [2.05, 4.69) is 12.1 Å². The normalized spacial score (nSPS) is 12.3. The zero-order chi connectivity index (χ0) is 10.8. The molecule has 1 aromatic carbocycles. The van der Waals surface area contributed by atoms with E-state index >= 15 is 0 Å². The van der Waals surface area contributed by atoms with Crippen LogP contribution in [0.5, 0.6) is 0 Å². The third-order valence-corrected chi connectivity index (χ3v) is 2.47. The van der Waals surface area contributed by atoms with E-state index in [1.165, 1.54) is 12.1 Å². The standard InChI is InChI=1S/C12H12FNO/c1-3-8(4-2)12-10-6-5-9(13)7-11(10)15-14-12/h3,5-7H,4H2,1-2H3/b8-3+. The number of aromatic nitrogens is 1. The van der Waals surface area contributed by atoms with Gasteiger partial charge in [0.05, 0.1) is 0 Å². The molecular weight excluding hydrogens is 193 g/mol. The average molecular weight is 205 g/mol. The third kappa shape index (κ3) is 1.65. The first-order valence-corrected chi connectivity index (χ1v) is 4.96. The van der Waals surface area contributed by atoms with Gasteiger partial charge in [0.15, 0.2) is 5.58 Å². The van der Waals surface area contributed by atoms with Crippen LogP contribution in [0.3, 0.4) is 0 Å². The first kappa shape index (κ1) is 9.90. The van der Waals surface area contributed by atoms with Crippen molar-refractivity contribution in [1.82, 2.24) is 5.16 Å². The van der Waals surface area contributed by atoms with Crippen LogP contribution in [-0.2, 0) is 0 Å². The van der Waals surface area contributed by atoms with E-state index < -0.39 is 0 Å². The molecule has 0 amide bonds. The van der Waals surface area contributed by atoms with E-state index in [9.17, 15) is 4.39 Å². The van der Waals surface area contributed by atoms with E-state index in [4.69, 9.17) is 4.52 Å². The van der Waals surface area contributed by atoms with E-state index in [0.717, 1.165) is 23.1 Å². The predicted octanol–water partition coefficient (Wildman–Crippen LogP) is 3.78. The van der Waals surface area contributed by atoms with Gasteiger partial charge in [0.1, 0.15) is 11.5 Å². The second kappa shape index (κ2) is 3.85. The van der Waals surface area contributed by atoms with Crippen molar-refractivity contribution in [1.29, 1.82) is 0 Å². The van der Waals surface area contributed by atoms with E-state index in [1.807, 2.05) is 13.0 Å². The van der Waals surface area contributed by atoms with E-state index in [-0.39, 0.29) is 5.82 Å². The highest BCUT2D eigenvalue weighted by Crippen LogP contribution is 2.26. The lowest BCUT2D eigenvalue weighted by Gasteiger charge is -1.97. The number of fused-ring (bicyclic) bond motifs is 1. The van der Waals surface area contributed by atoms with Crippen LogP contribution in [0.2, 0.25) is 0 Å². The van der Waals surface area contributed by atoms with Crippen molar-refractivity contribution >= 4 is 16.5 Å². The van der Waals surface area contributed by atoms with Crippen LogP contribution in [0.1, 0.15) is 26.0 Å². The van der Waals surface area contributed by atoms with Crippen LogP contribution in [-0.4, -0.2) is 5.16 Å². The van der Waals surface area contributed by atoms with Gasteiger partial charge < -0.3 is 4.52 Å². The highest BCUT2D eigenvalue weighted by Gasteiger charge is 2.11. The first-order valence-electron chi connectivity index (χ1n) is 4.96. The summed E-state index contributed by atoms with van der Waals surface area (Å²) in [6.07, 6.45) is 2.89. The number of benzene rings is 1. The molecule has 0 aliphatic heterocycles. The lowest BCUT2D eigenvalue weighted by atomic mass is 10.1. The van der Waals surface area contributed by atoms with Crippen LogP contribution in [0.25, 0.3) is 16.5 Å². The quantitative estimate of drug-likeness (QED) is 0.745. The minimum absolute atomic E-state index is 0.302. The van der Waals surface area contributed by atoms with Crippen LogP contribution in [0, 0.1) is 5.82 Å². The second-order valence-electron chi connectivity index (χ2n) is 3.34. The summed E-state index contributed by atoms with van der Waals surface area (Å²) in [4.78, 5) is 0. The van der Waals surface area contributed by atoms with Gasteiger partial charge in [0.2, 0.25) is 0 Å². The largest absolute Gasteiger partial charge is 0.356 e. The average Bonchev–Trinajstić information content (AvgIpc) is 2.63. The summed E-state index contributed by atoms with van der Waals surface area (Å²) in [6, 6.07) is 4.48. The Labute approximate surface area is 87.4 Å². The number of halogens is 1. The Balaban J connectivity index is 2.63. The Morgan fingerprint density at radius 3 is 3.00 bits per heavy atom. The summed E-state index contributed by atoms with van der Waals surface area (Å²) in [5, 5.41) is 4.84. The highest BCUT2D eigenvalue weighted by atomic mass is 19.1. The van der Waals surface area contributed by atoms with Gasteiger partial charge in [-0.05, 0) is 31.1 Å². The molecule has 2 rings (SSSR count). The number of allylic oxidation sites excluding steroid dienone is 2. The molecule has 0 aliphatic rings. The molecule has 0 radical (unpaired) electrons. The van der Waals surface area contributed by atoms with Crippen molar-refractivity contribution in [3.63, 3.8) is 0 Å². The maximum Gasteiger partial charge on any atom is 0.170 e. The van der Waals surface area contributed by atoms with Crippen LogP contribution >= 0.6 is 0 Å². The van der Waals surface area contributed by atoms with Gasteiger partial charge in [0.25, 0.3) is 0 Å². The fourth-order valence-corrected chi connectivity index (χ4v) is 1.65. The molecule has 0 N–H and O–H groups in total. The molecule has 15 heavy (non-hydrogen) atoms. The zero-order valence-electron chi connectivity index (χ0n) is 8.75. The van der Waals surface area contributed by atoms with Crippen molar-refractivity contribution in [2.45, 2.75) is 20.3 Å². The summed E-state index contributed by atoms with van der Waals surface area (Å²) in [5.74, 6) is -0.302. The van der Waals surface area contributed by atoms with Crippen LogP contribution < -0.4 is 0 Å². The molecule has 0 fully saturated rings. The smallest absolute Gasteiger partial charge is 0.170 e.